The molecule has 0 saturated carbocycles. The van der Waals surface area contributed by atoms with Gasteiger partial charge in [0.2, 0.25) is 0 Å². The fraction of sp³-hybridized carbons (Fsp3) is 0.312. The van der Waals surface area contributed by atoms with E-state index in [9.17, 15) is 0 Å². The molecule has 0 aliphatic carbocycles. The highest BCUT2D eigenvalue weighted by Gasteiger charge is 1.97. The van der Waals surface area contributed by atoms with Crippen molar-refractivity contribution in [3.8, 4) is 5.75 Å². The smallest absolute Gasteiger partial charge is 0.126 e. The highest BCUT2D eigenvalue weighted by atomic mass is 16.5. The monoisotopic (exact) mass is 271 g/mol. The molecule has 4 heteroatoms. The van der Waals surface area contributed by atoms with Gasteiger partial charge in [0.25, 0.3) is 0 Å². The summed E-state index contributed by atoms with van der Waals surface area (Å²) in [5, 5.41) is 3.28. The van der Waals surface area contributed by atoms with Crippen molar-refractivity contribution in [2.45, 2.75) is 6.54 Å². The zero-order valence-electron chi connectivity index (χ0n) is 12.0. The predicted octanol–water partition coefficient (Wildman–Crippen LogP) is 2.63. The lowest BCUT2D eigenvalue weighted by Crippen LogP contribution is -2.19. The fourth-order valence-corrected chi connectivity index (χ4v) is 1.71. The van der Waals surface area contributed by atoms with Crippen molar-refractivity contribution in [3.63, 3.8) is 0 Å². The van der Waals surface area contributed by atoms with Crippen molar-refractivity contribution in [3.05, 3.63) is 54.2 Å². The third-order valence-corrected chi connectivity index (χ3v) is 2.87. The number of rotatable bonds is 7. The van der Waals surface area contributed by atoms with Gasteiger partial charge >= 0.3 is 0 Å². The summed E-state index contributed by atoms with van der Waals surface area (Å²) < 4.78 is 5.66. The molecule has 0 saturated heterocycles. The van der Waals surface area contributed by atoms with E-state index in [2.05, 4.69) is 27.3 Å². The van der Waals surface area contributed by atoms with Crippen molar-refractivity contribution < 1.29 is 4.74 Å². The average molecular weight is 271 g/mol. The number of ether oxygens (including phenoxy) is 1. The Bertz CT molecular complexity index is 497. The number of hydrogen-bond donors (Lipinski definition) is 1. The number of hydrogen-bond acceptors (Lipinski definition) is 4. The normalized spacial score (nSPS) is 10.6. The number of aromatic nitrogens is 1. The largest absolute Gasteiger partial charge is 0.492 e. The van der Waals surface area contributed by atoms with Crippen LogP contribution in [0.2, 0.25) is 0 Å². The highest BCUT2D eigenvalue weighted by molar-refractivity contribution is 5.35. The van der Waals surface area contributed by atoms with Gasteiger partial charge in [-0.15, -0.1) is 0 Å². The number of likely N-dealkylation sites (N-methyl/N-ethyl adjacent to an activating group) is 1. The van der Waals surface area contributed by atoms with Crippen LogP contribution in [0.3, 0.4) is 0 Å². The molecule has 0 bridgehead atoms. The molecule has 0 amide bonds. The second-order valence-electron chi connectivity index (χ2n) is 4.86. The molecular weight excluding hydrogens is 250 g/mol. The van der Waals surface area contributed by atoms with Crippen LogP contribution in [0.5, 0.6) is 5.75 Å². The van der Waals surface area contributed by atoms with E-state index < -0.39 is 0 Å². The van der Waals surface area contributed by atoms with Crippen LogP contribution in [-0.2, 0) is 6.54 Å². The Labute approximate surface area is 120 Å². The Balaban J connectivity index is 1.79. The van der Waals surface area contributed by atoms with Crippen LogP contribution in [0.1, 0.15) is 5.56 Å². The Morgan fingerprint density at radius 3 is 2.55 bits per heavy atom. The minimum Gasteiger partial charge on any atom is -0.492 e. The van der Waals surface area contributed by atoms with Crippen molar-refractivity contribution in [1.82, 2.24) is 9.88 Å². The lowest BCUT2D eigenvalue weighted by Gasteiger charge is -2.11. The summed E-state index contributed by atoms with van der Waals surface area (Å²) in [4.78, 5) is 6.33. The first-order valence-electron chi connectivity index (χ1n) is 6.75. The second kappa shape index (κ2) is 7.50. The fourth-order valence-electron chi connectivity index (χ4n) is 1.71. The second-order valence-corrected chi connectivity index (χ2v) is 4.86. The number of pyridine rings is 1. The molecule has 0 atom stereocenters. The summed E-state index contributed by atoms with van der Waals surface area (Å²) in [6.07, 6.45) is 1.78. The summed E-state index contributed by atoms with van der Waals surface area (Å²) in [6, 6.07) is 14.0. The van der Waals surface area contributed by atoms with E-state index in [1.807, 2.05) is 44.4 Å². The van der Waals surface area contributed by atoms with Crippen LogP contribution >= 0.6 is 0 Å². The van der Waals surface area contributed by atoms with Crippen molar-refractivity contribution in [2.24, 2.45) is 0 Å². The topological polar surface area (TPSA) is 37.4 Å². The molecule has 1 N–H and O–H groups in total. The standard InChI is InChI=1S/C16H21N3O/c1-19(2)11-12-20-15-8-6-14(7-9-15)13-18-16-5-3-4-10-17-16/h3-10H,11-13H2,1-2H3,(H,17,18). The maximum Gasteiger partial charge on any atom is 0.126 e. The molecule has 0 spiro atoms. The van der Waals surface area contributed by atoms with Gasteiger partial charge in [0, 0.05) is 19.3 Å². The van der Waals surface area contributed by atoms with E-state index in [0.717, 1.165) is 24.7 Å². The van der Waals surface area contributed by atoms with Crippen molar-refractivity contribution in [2.75, 3.05) is 32.6 Å². The van der Waals surface area contributed by atoms with Gasteiger partial charge in [0.1, 0.15) is 18.2 Å². The van der Waals surface area contributed by atoms with Crippen LogP contribution < -0.4 is 10.1 Å². The highest BCUT2D eigenvalue weighted by Crippen LogP contribution is 2.13. The molecule has 0 aliphatic heterocycles. The number of anilines is 1. The van der Waals surface area contributed by atoms with Crippen LogP contribution in [-0.4, -0.2) is 37.1 Å². The van der Waals surface area contributed by atoms with Crippen LogP contribution in [0.25, 0.3) is 0 Å². The lowest BCUT2D eigenvalue weighted by molar-refractivity contribution is 0.261. The molecule has 2 aromatic rings. The van der Waals surface area contributed by atoms with E-state index in [-0.39, 0.29) is 0 Å². The first kappa shape index (κ1) is 14.3. The molecule has 0 fully saturated rings. The Kier molecular flexibility index (Phi) is 5.38. The van der Waals surface area contributed by atoms with E-state index in [1.165, 1.54) is 5.56 Å². The quantitative estimate of drug-likeness (QED) is 0.840. The zero-order valence-corrected chi connectivity index (χ0v) is 12.0. The Hall–Kier alpha value is -2.07. The molecule has 0 unspecified atom stereocenters. The van der Waals surface area contributed by atoms with E-state index >= 15 is 0 Å². The first-order valence-corrected chi connectivity index (χ1v) is 6.75. The molecule has 2 rings (SSSR count). The van der Waals surface area contributed by atoms with Crippen LogP contribution in [0.15, 0.2) is 48.7 Å². The summed E-state index contributed by atoms with van der Waals surface area (Å²) in [5.41, 5.74) is 1.20. The van der Waals surface area contributed by atoms with Gasteiger partial charge in [-0.25, -0.2) is 4.98 Å². The molecule has 0 aliphatic rings. The third kappa shape index (κ3) is 4.90. The van der Waals surface area contributed by atoms with Gasteiger partial charge in [-0.2, -0.15) is 0 Å². The summed E-state index contributed by atoms with van der Waals surface area (Å²) in [5.74, 6) is 1.80. The van der Waals surface area contributed by atoms with Gasteiger partial charge in [-0.05, 0) is 43.9 Å². The minimum atomic E-state index is 0.707. The molecule has 1 aromatic heterocycles. The zero-order chi connectivity index (χ0) is 14.2. The average Bonchev–Trinajstić information content (AvgIpc) is 2.47. The molecule has 4 nitrogen and oxygen atoms in total. The maximum atomic E-state index is 5.66. The number of nitrogens with one attached hydrogen (secondary N) is 1. The summed E-state index contributed by atoms with van der Waals surface area (Å²) >= 11 is 0. The van der Waals surface area contributed by atoms with Crippen molar-refractivity contribution in [1.29, 1.82) is 0 Å². The molecule has 1 aromatic carbocycles. The summed E-state index contributed by atoms with van der Waals surface area (Å²) in [6.45, 7) is 2.39. The van der Waals surface area contributed by atoms with Crippen molar-refractivity contribution >= 4 is 5.82 Å². The Morgan fingerprint density at radius 1 is 1.10 bits per heavy atom. The van der Waals surface area contributed by atoms with Gasteiger partial charge in [-0.1, -0.05) is 18.2 Å². The summed E-state index contributed by atoms with van der Waals surface area (Å²) in [7, 11) is 4.07. The van der Waals surface area contributed by atoms with Crippen LogP contribution in [0, 0.1) is 0 Å². The Morgan fingerprint density at radius 2 is 1.90 bits per heavy atom. The van der Waals surface area contributed by atoms with Crippen LogP contribution in [0.4, 0.5) is 5.82 Å². The molecule has 1 heterocycles. The van der Waals surface area contributed by atoms with Gasteiger partial charge < -0.3 is 15.0 Å². The first-order chi connectivity index (χ1) is 9.74. The van der Waals surface area contributed by atoms with E-state index in [1.54, 1.807) is 6.20 Å². The SMILES string of the molecule is CN(C)CCOc1ccc(CNc2ccccn2)cc1. The van der Waals surface area contributed by atoms with E-state index in [4.69, 9.17) is 4.74 Å². The number of benzene rings is 1. The van der Waals surface area contributed by atoms with Gasteiger partial charge in [0.15, 0.2) is 0 Å². The molecule has 0 radical (unpaired) electrons. The lowest BCUT2D eigenvalue weighted by atomic mass is 10.2. The minimum absolute atomic E-state index is 0.707. The van der Waals surface area contributed by atoms with E-state index in [0.29, 0.717) is 6.61 Å². The number of nitrogens with zero attached hydrogens (tertiary/aromatic N) is 2. The van der Waals surface area contributed by atoms with Gasteiger partial charge in [0.05, 0.1) is 0 Å². The predicted molar refractivity (Wildman–Crippen MR) is 82.1 cm³/mol. The third-order valence-electron chi connectivity index (χ3n) is 2.87. The molecule has 106 valence electrons. The molecular formula is C16H21N3O. The molecule has 20 heavy (non-hydrogen) atoms. The maximum absolute atomic E-state index is 5.66. The van der Waals surface area contributed by atoms with Gasteiger partial charge in [-0.3, -0.25) is 0 Å².